The van der Waals surface area contributed by atoms with E-state index in [-0.39, 0.29) is 11.4 Å². The van der Waals surface area contributed by atoms with Gasteiger partial charge in [-0.15, -0.1) is 0 Å². The first kappa shape index (κ1) is 20.1. The Bertz CT molecular complexity index is 351. The van der Waals surface area contributed by atoms with Gasteiger partial charge in [-0.2, -0.15) is 0 Å². The number of hydrogen-bond acceptors (Lipinski definition) is 2. The molecule has 2 nitrogen and oxygen atoms in total. The van der Waals surface area contributed by atoms with Crippen LogP contribution in [0.25, 0.3) is 0 Å². The average Bonchev–Trinajstić information content (AvgIpc) is 2.38. The Morgan fingerprint density at radius 3 is 2.52 bits per heavy atom. The third kappa shape index (κ3) is 11.4. The Morgan fingerprint density at radius 2 is 1.95 bits per heavy atom. The zero-order chi connectivity index (χ0) is 16.3. The Morgan fingerprint density at radius 1 is 1.29 bits per heavy atom. The molecule has 0 heterocycles. The van der Waals surface area contributed by atoms with Gasteiger partial charge >= 0.3 is 0 Å². The van der Waals surface area contributed by atoms with Crippen LogP contribution < -0.4 is 0 Å². The molecule has 0 aliphatic carbocycles. The van der Waals surface area contributed by atoms with Crippen LogP contribution in [0.4, 0.5) is 0 Å². The van der Waals surface area contributed by atoms with Crippen molar-refractivity contribution in [3.8, 4) is 0 Å². The maximum atomic E-state index is 11.3. The lowest BCUT2D eigenvalue weighted by Gasteiger charge is -2.25. The first-order valence-corrected chi connectivity index (χ1v) is 8.32. The van der Waals surface area contributed by atoms with Gasteiger partial charge in [0.25, 0.3) is 0 Å². The number of carbonyl (C=O) groups excluding carboxylic acids is 1. The molecule has 0 radical (unpaired) electrons. The molecule has 122 valence electrons. The van der Waals surface area contributed by atoms with Crippen molar-refractivity contribution in [3.05, 3.63) is 23.8 Å². The SMILES string of the molecule is CCOC(C)(C)CCCC(C)CC=CC(C)=CC(=O)CC. The first-order valence-electron chi connectivity index (χ1n) is 8.32. The fourth-order valence-electron chi connectivity index (χ4n) is 2.35. The summed E-state index contributed by atoms with van der Waals surface area (Å²) in [6, 6.07) is 0. The van der Waals surface area contributed by atoms with Crippen molar-refractivity contribution in [2.75, 3.05) is 6.61 Å². The van der Waals surface area contributed by atoms with E-state index in [0.717, 1.165) is 25.0 Å². The zero-order valence-corrected chi connectivity index (χ0v) is 14.9. The molecule has 0 aliphatic rings. The molecular weight excluding hydrogens is 260 g/mol. The highest BCUT2D eigenvalue weighted by molar-refractivity contribution is 5.90. The third-order valence-corrected chi connectivity index (χ3v) is 3.67. The number of allylic oxidation sites excluding steroid dienone is 4. The summed E-state index contributed by atoms with van der Waals surface area (Å²) >= 11 is 0. The van der Waals surface area contributed by atoms with Crippen LogP contribution in [0.5, 0.6) is 0 Å². The highest BCUT2D eigenvalue weighted by atomic mass is 16.5. The predicted molar refractivity (Wildman–Crippen MR) is 91.5 cm³/mol. The van der Waals surface area contributed by atoms with Gasteiger partial charge in [0.1, 0.15) is 0 Å². The topological polar surface area (TPSA) is 26.3 Å². The molecule has 0 N–H and O–H groups in total. The van der Waals surface area contributed by atoms with E-state index in [9.17, 15) is 4.79 Å². The number of ether oxygens (including phenoxy) is 1. The molecule has 2 heteroatoms. The molecule has 0 saturated heterocycles. The minimum atomic E-state index is 0.00412. The molecule has 1 atom stereocenters. The zero-order valence-electron chi connectivity index (χ0n) is 14.9. The van der Waals surface area contributed by atoms with E-state index in [2.05, 4.69) is 32.9 Å². The summed E-state index contributed by atoms with van der Waals surface area (Å²) in [5, 5.41) is 0. The fraction of sp³-hybridized carbons (Fsp3) is 0.737. The van der Waals surface area contributed by atoms with Crippen molar-refractivity contribution in [2.24, 2.45) is 5.92 Å². The number of ketones is 1. The second-order valence-corrected chi connectivity index (χ2v) is 6.54. The lowest BCUT2D eigenvalue weighted by atomic mass is 9.94. The van der Waals surface area contributed by atoms with Gasteiger partial charge in [-0.3, -0.25) is 4.79 Å². The number of carbonyl (C=O) groups is 1. The van der Waals surface area contributed by atoms with Crippen LogP contribution in [0, 0.1) is 5.92 Å². The molecule has 0 fully saturated rings. The van der Waals surface area contributed by atoms with Crippen molar-refractivity contribution in [3.63, 3.8) is 0 Å². The van der Waals surface area contributed by atoms with Crippen LogP contribution >= 0.6 is 0 Å². The highest BCUT2D eigenvalue weighted by Crippen LogP contribution is 2.21. The minimum Gasteiger partial charge on any atom is -0.376 e. The molecule has 0 bridgehead atoms. The van der Waals surface area contributed by atoms with Gasteiger partial charge in [-0.05, 0) is 58.1 Å². The van der Waals surface area contributed by atoms with Gasteiger partial charge in [0, 0.05) is 13.0 Å². The van der Waals surface area contributed by atoms with Crippen molar-refractivity contribution in [1.29, 1.82) is 0 Å². The molecule has 0 rings (SSSR count). The van der Waals surface area contributed by atoms with Gasteiger partial charge in [0.15, 0.2) is 5.78 Å². The second-order valence-electron chi connectivity index (χ2n) is 6.54. The Labute approximate surface area is 131 Å². The molecule has 0 amide bonds. The quantitative estimate of drug-likeness (QED) is 0.372. The lowest BCUT2D eigenvalue weighted by Crippen LogP contribution is -2.24. The molecule has 0 aromatic heterocycles. The summed E-state index contributed by atoms with van der Waals surface area (Å²) in [4.78, 5) is 11.3. The molecule has 0 aromatic rings. The molecule has 0 spiro atoms. The monoisotopic (exact) mass is 294 g/mol. The van der Waals surface area contributed by atoms with Gasteiger partial charge in [-0.1, -0.05) is 38.8 Å². The van der Waals surface area contributed by atoms with Crippen LogP contribution in [-0.2, 0) is 9.53 Å². The maximum Gasteiger partial charge on any atom is 0.155 e. The van der Waals surface area contributed by atoms with Gasteiger partial charge in [-0.25, -0.2) is 0 Å². The largest absolute Gasteiger partial charge is 0.376 e. The lowest BCUT2D eigenvalue weighted by molar-refractivity contribution is -0.114. The highest BCUT2D eigenvalue weighted by Gasteiger charge is 2.17. The van der Waals surface area contributed by atoms with Crippen LogP contribution in [-0.4, -0.2) is 18.0 Å². The molecule has 21 heavy (non-hydrogen) atoms. The Hall–Kier alpha value is -0.890. The van der Waals surface area contributed by atoms with Crippen molar-refractivity contribution in [2.45, 2.75) is 79.2 Å². The summed E-state index contributed by atoms with van der Waals surface area (Å²) < 4.78 is 5.72. The van der Waals surface area contributed by atoms with Gasteiger partial charge < -0.3 is 4.74 Å². The van der Waals surface area contributed by atoms with E-state index >= 15 is 0 Å². The van der Waals surface area contributed by atoms with Crippen LogP contribution in [0.2, 0.25) is 0 Å². The van der Waals surface area contributed by atoms with Gasteiger partial charge in [0.05, 0.1) is 5.60 Å². The fourth-order valence-corrected chi connectivity index (χ4v) is 2.35. The summed E-state index contributed by atoms with van der Waals surface area (Å²) in [6.07, 6.45) is 11.2. The molecule has 1 unspecified atom stereocenters. The van der Waals surface area contributed by atoms with Crippen molar-refractivity contribution in [1.82, 2.24) is 0 Å². The molecular formula is C19H34O2. The summed E-state index contributed by atoms with van der Waals surface area (Å²) in [5.41, 5.74) is 1.05. The number of hydrogen-bond donors (Lipinski definition) is 0. The second kappa shape index (κ2) is 10.8. The van der Waals surface area contributed by atoms with E-state index in [1.807, 2.05) is 20.8 Å². The standard InChI is InChI=1S/C19H34O2/c1-7-18(20)15-17(4)12-9-11-16(3)13-10-14-19(5,6)21-8-2/h9,12,15-16H,7-8,10-11,13-14H2,1-6H3. The van der Waals surface area contributed by atoms with Crippen molar-refractivity contribution < 1.29 is 9.53 Å². The molecule has 0 saturated carbocycles. The van der Waals surface area contributed by atoms with E-state index < -0.39 is 0 Å². The molecule has 0 aromatic carbocycles. The van der Waals surface area contributed by atoms with Crippen molar-refractivity contribution >= 4 is 5.78 Å². The van der Waals surface area contributed by atoms with E-state index in [4.69, 9.17) is 4.74 Å². The maximum absolute atomic E-state index is 11.3. The number of rotatable bonds is 11. The van der Waals surface area contributed by atoms with E-state index in [1.165, 1.54) is 12.8 Å². The Kier molecular flexibility index (Phi) is 10.3. The third-order valence-electron chi connectivity index (χ3n) is 3.67. The van der Waals surface area contributed by atoms with E-state index in [0.29, 0.717) is 12.3 Å². The Balaban J connectivity index is 3.98. The summed E-state index contributed by atoms with van der Waals surface area (Å²) in [7, 11) is 0. The van der Waals surface area contributed by atoms with Crippen LogP contribution in [0.15, 0.2) is 23.8 Å². The van der Waals surface area contributed by atoms with Gasteiger partial charge in [0.2, 0.25) is 0 Å². The minimum absolute atomic E-state index is 0.00412. The normalized spacial score (nSPS) is 14.7. The summed E-state index contributed by atoms with van der Waals surface area (Å²) in [6.45, 7) is 13.3. The predicted octanol–water partition coefficient (Wildman–Crippen LogP) is 5.48. The smallest absolute Gasteiger partial charge is 0.155 e. The first-order chi connectivity index (χ1) is 9.80. The van der Waals surface area contributed by atoms with Crippen LogP contribution in [0.1, 0.15) is 73.6 Å². The van der Waals surface area contributed by atoms with E-state index in [1.54, 1.807) is 6.08 Å². The average molecular weight is 294 g/mol. The van der Waals surface area contributed by atoms with Crippen LogP contribution in [0.3, 0.4) is 0 Å². The molecule has 0 aliphatic heterocycles. The summed E-state index contributed by atoms with van der Waals surface area (Å²) in [5.74, 6) is 0.872.